The van der Waals surface area contributed by atoms with Crippen LogP contribution in [0.15, 0.2) is 54.4 Å². The first-order valence-electron chi connectivity index (χ1n) is 10.7. The molecule has 188 valence electrons. The van der Waals surface area contributed by atoms with Gasteiger partial charge in [0.05, 0.1) is 29.8 Å². The summed E-state index contributed by atoms with van der Waals surface area (Å²) in [6, 6.07) is 13.1. The maximum atomic E-state index is 10.1. The van der Waals surface area contributed by atoms with E-state index in [4.69, 9.17) is 49.4 Å². The standard InChI is InChI=1S/C24H33Cl2N3O5/c1-24(2,17-5-8-23(22(26)9-17)34-14-19(31)10-25)16-3-6-21(7-4-16)33-15-20(32)12-29(28)11-18(27)13-30/h3-9,11,19-20,30-32H,10,12-15,27-28H2,1-2H3/b18-11-/t19-,20+/m0/s1. The zero-order valence-corrected chi connectivity index (χ0v) is 20.8. The van der Waals surface area contributed by atoms with Crippen LogP contribution in [0.4, 0.5) is 0 Å². The molecule has 34 heavy (non-hydrogen) atoms. The SMILES string of the molecule is CC(C)(c1ccc(OC[C@H](O)CN(N)/C=C(\N)CO)cc1)c1ccc(OC[C@@H](O)CCl)c(Cl)c1. The fourth-order valence-corrected chi connectivity index (χ4v) is 3.49. The van der Waals surface area contributed by atoms with Crippen molar-refractivity contribution < 1.29 is 24.8 Å². The van der Waals surface area contributed by atoms with Gasteiger partial charge in [0.2, 0.25) is 0 Å². The molecule has 0 aliphatic rings. The van der Waals surface area contributed by atoms with Gasteiger partial charge in [-0.25, -0.2) is 5.84 Å². The molecular weight excluding hydrogens is 481 g/mol. The first kappa shape index (κ1) is 28.0. The van der Waals surface area contributed by atoms with Crippen molar-refractivity contribution in [2.45, 2.75) is 31.5 Å². The number of ether oxygens (including phenoxy) is 2. The lowest BCUT2D eigenvalue weighted by atomic mass is 9.78. The Morgan fingerprint density at radius 2 is 1.68 bits per heavy atom. The zero-order valence-electron chi connectivity index (χ0n) is 19.3. The molecule has 0 amide bonds. The summed E-state index contributed by atoms with van der Waals surface area (Å²) in [5.41, 5.74) is 7.38. The quantitative estimate of drug-likeness (QED) is 0.156. The molecule has 0 saturated heterocycles. The number of hydrogen-bond acceptors (Lipinski definition) is 8. The van der Waals surface area contributed by atoms with E-state index in [1.807, 2.05) is 36.4 Å². The van der Waals surface area contributed by atoms with Gasteiger partial charge in [-0.3, -0.25) is 0 Å². The largest absolute Gasteiger partial charge is 0.491 e. The number of aliphatic hydroxyl groups is 3. The van der Waals surface area contributed by atoms with E-state index in [9.17, 15) is 10.2 Å². The van der Waals surface area contributed by atoms with Crippen molar-refractivity contribution in [3.8, 4) is 11.5 Å². The van der Waals surface area contributed by atoms with E-state index in [2.05, 4.69) is 13.8 Å². The van der Waals surface area contributed by atoms with E-state index in [0.717, 1.165) is 11.1 Å². The van der Waals surface area contributed by atoms with E-state index in [-0.39, 0.29) is 43.4 Å². The third-order valence-corrected chi connectivity index (χ3v) is 5.87. The molecule has 2 rings (SSSR count). The highest BCUT2D eigenvalue weighted by Gasteiger charge is 2.24. The number of alkyl halides is 1. The second kappa shape index (κ2) is 13.0. The number of nitrogens with zero attached hydrogens (tertiary/aromatic N) is 1. The molecule has 2 atom stereocenters. The lowest BCUT2D eigenvalue weighted by Crippen LogP contribution is -2.37. The minimum atomic E-state index is -0.850. The van der Waals surface area contributed by atoms with Crippen molar-refractivity contribution in [1.82, 2.24) is 5.01 Å². The topological polar surface area (TPSA) is 134 Å². The maximum Gasteiger partial charge on any atom is 0.138 e. The van der Waals surface area contributed by atoms with Gasteiger partial charge in [0.1, 0.15) is 36.9 Å². The van der Waals surface area contributed by atoms with E-state index in [0.29, 0.717) is 16.5 Å². The van der Waals surface area contributed by atoms with Crippen LogP contribution in [0, 0.1) is 0 Å². The van der Waals surface area contributed by atoms with E-state index >= 15 is 0 Å². The third-order valence-electron chi connectivity index (χ3n) is 5.22. The summed E-state index contributed by atoms with van der Waals surface area (Å²) >= 11 is 12.0. The van der Waals surface area contributed by atoms with Crippen molar-refractivity contribution in [2.24, 2.45) is 11.6 Å². The Morgan fingerprint density at radius 1 is 1.06 bits per heavy atom. The predicted molar refractivity (Wildman–Crippen MR) is 134 cm³/mol. The molecule has 0 spiro atoms. The Labute approximate surface area is 210 Å². The molecule has 0 bridgehead atoms. The number of hydrazine groups is 1. The highest BCUT2D eigenvalue weighted by Crippen LogP contribution is 2.36. The van der Waals surface area contributed by atoms with Gasteiger partial charge in [-0.05, 0) is 35.4 Å². The molecule has 0 unspecified atom stereocenters. The Hall–Kier alpha value is -2.20. The van der Waals surface area contributed by atoms with Crippen LogP contribution in [0.2, 0.25) is 5.02 Å². The minimum Gasteiger partial charge on any atom is -0.491 e. The lowest BCUT2D eigenvalue weighted by Gasteiger charge is -2.27. The van der Waals surface area contributed by atoms with Crippen molar-refractivity contribution in [1.29, 1.82) is 0 Å². The molecule has 0 aromatic heterocycles. The molecule has 8 nitrogen and oxygen atoms in total. The van der Waals surface area contributed by atoms with Crippen LogP contribution in [-0.2, 0) is 5.41 Å². The number of halogens is 2. The summed E-state index contributed by atoms with van der Waals surface area (Å²) in [6.07, 6.45) is -0.252. The smallest absolute Gasteiger partial charge is 0.138 e. The van der Waals surface area contributed by atoms with Crippen molar-refractivity contribution in [3.63, 3.8) is 0 Å². The fourth-order valence-electron chi connectivity index (χ4n) is 3.17. The molecule has 0 aliphatic carbocycles. The van der Waals surface area contributed by atoms with Crippen LogP contribution in [0.3, 0.4) is 0 Å². The van der Waals surface area contributed by atoms with Gasteiger partial charge in [0.25, 0.3) is 0 Å². The molecule has 0 fully saturated rings. The molecule has 0 aliphatic heterocycles. The number of benzene rings is 2. The second-order valence-corrected chi connectivity index (χ2v) is 9.15. The average molecular weight is 514 g/mol. The first-order chi connectivity index (χ1) is 16.1. The van der Waals surface area contributed by atoms with Crippen LogP contribution < -0.4 is 21.1 Å². The number of nitrogens with two attached hydrogens (primary N) is 2. The molecule has 2 aromatic carbocycles. The normalized spacial score (nSPS) is 13.9. The summed E-state index contributed by atoms with van der Waals surface area (Å²) in [4.78, 5) is 0. The van der Waals surface area contributed by atoms with Crippen LogP contribution >= 0.6 is 23.2 Å². The van der Waals surface area contributed by atoms with Gasteiger partial charge in [0, 0.05) is 11.6 Å². The molecule has 2 aromatic rings. The van der Waals surface area contributed by atoms with Crippen molar-refractivity contribution in [2.75, 3.05) is 32.2 Å². The van der Waals surface area contributed by atoms with Gasteiger partial charge in [-0.15, -0.1) is 11.6 Å². The number of rotatable bonds is 13. The molecule has 0 saturated carbocycles. The van der Waals surface area contributed by atoms with Crippen molar-refractivity contribution in [3.05, 3.63) is 70.5 Å². The summed E-state index contributed by atoms with van der Waals surface area (Å²) in [5, 5.41) is 30.2. The highest BCUT2D eigenvalue weighted by atomic mass is 35.5. The molecule has 7 N–H and O–H groups in total. The average Bonchev–Trinajstić information content (AvgIpc) is 2.81. The molecular formula is C24H33Cl2N3O5. The number of hydrogen-bond donors (Lipinski definition) is 5. The van der Waals surface area contributed by atoms with Gasteiger partial charge in [0.15, 0.2) is 0 Å². The van der Waals surface area contributed by atoms with E-state index in [1.165, 1.54) is 11.2 Å². The first-order valence-corrected chi connectivity index (χ1v) is 11.6. The Balaban J connectivity index is 1.99. The lowest BCUT2D eigenvalue weighted by molar-refractivity contribution is 0.0815. The van der Waals surface area contributed by atoms with Crippen molar-refractivity contribution >= 4 is 23.2 Å². The maximum absolute atomic E-state index is 10.1. The Morgan fingerprint density at radius 3 is 2.26 bits per heavy atom. The second-order valence-electron chi connectivity index (χ2n) is 8.44. The monoisotopic (exact) mass is 513 g/mol. The third kappa shape index (κ3) is 8.23. The highest BCUT2D eigenvalue weighted by molar-refractivity contribution is 6.32. The molecule has 0 radical (unpaired) electrons. The van der Waals surface area contributed by atoms with E-state index in [1.54, 1.807) is 6.07 Å². The predicted octanol–water partition coefficient (Wildman–Crippen LogP) is 2.35. The molecule has 10 heteroatoms. The van der Waals surface area contributed by atoms with Gasteiger partial charge < -0.3 is 35.5 Å². The number of aliphatic hydroxyl groups excluding tert-OH is 3. The van der Waals surface area contributed by atoms with Gasteiger partial charge >= 0.3 is 0 Å². The van der Waals surface area contributed by atoms with Crippen LogP contribution in [-0.4, -0.2) is 64.8 Å². The van der Waals surface area contributed by atoms with Crippen LogP contribution in [0.5, 0.6) is 11.5 Å². The summed E-state index contributed by atoms with van der Waals surface area (Å²) in [6.45, 7) is 4.05. The van der Waals surface area contributed by atoms with Crippen LogP contribution in [0.25, 0.3) is 0 Å². The summed E-state index contributed by atoms with van der Waals surface area (Å²) < 4.78 is 11.2. The molecule has 0 heterocycles. The minimum absolute atomic E-state index is 0.0405. The van der Waals surface area contributed by atoms with Crippen LogP contribution in [0.1, 0.15) is 25.0 Å². The van der Waals surface area contributed by atoms with Gasteiger partial charge in [-0.2, -0.15) is 0 Å². The Bertz CT molecular complexity index is 941. The fraction of sp³-hybridized carbons (Fsp3) is 0.417. The summed E-state index contributed by atoms with van der Waals surface area (Å²) in [5.74, 6) is 6.89. The van der Waals surface area contributed by atoms with Gasteiger partial charge in [-0.1, -0.05) is 43.6 Å². The Kier molecular flexibility index (Phi) is 10.8. The van der Waals surface area contributed by atoms with E-state index < -0.39 is 12.2 Å². The summed E-state index contributed by atoms with van der Waals surface area (Å²) in [7, 11) is 0. The zero-order chi connectivity index (χ0) is 25.3.